The Balaban J connectivity index is 2.73. The van der Waals surface area contributed by atoms with Crippen LogP contribution in [0, 0.1) is 0 Å². The molecule has 0 fully saturated rings. The van der Waals surface area contributed by atoms with E-state index in [2.05, 4.69) is 61.9 Å². The standard InChI is InChI=1S/C16H24N2/c1-5-13(3)17-11-15-8-7-9-16(10-15)12-18-14(4)6-2/h7-14H,5-6H2,1-4H3. The molecule has 18 heavy (non-hydrogen) atoms. The van der Waals surface area contributed by atoms with Crippen molar-refractivity contribution in [1.82, 2.24) is 0 Å². The molecule has 0 bridgehead atoms. The van der Waals surface area contributed by atoms with Gasteiger partial charge in [-0.25, -0.2) is 0 Å². The quantitative estimate of drug-likeness (QED) is 0.672. The molecule has 0 amide bonds. The van der Waals surface area contributed by atoms with Crippen molar-refractivity contribution in [3.05, 3.63) is 35.4 Å². The number of nitrogens with zero attached hydrogens (tertiary/aromatic N) is 2. The fourth-order valence-electron chi connectivity index (χ4n) is 1.36. The predicted molar refractivity (Wildman–Crippen MR) is 81.1 cm³/mol. The molecule has 0 aromatic heterocycles. The number of hydrogen-bond acceptors (Lipinski definition) is 2. The van der Waals surface area contributed by atoms with Gasteiger partial charge in [0.15, 0.2) is 0 Å². The zero-order chi connectivity index (χ0) is 13.4. The average molecular weight is 244 g/mol. The van der Waals surface area contributed by atoms with Gasteiger partial charge in [-0.15, -0.1) is 0 Å². The van der Waals surface area contributed by atoms with Gasteiger partial charge in [-0.3, -0.25) is 9.98 Å². The fourth-order valence-corrected chi connectivity index (χ4v) is 1.36. The summed E-state index contributed by atoms with van der Waals surface area (Å²) in [4.78, 5) is 8.99. The summed E-state index contributed by atoms with van der Waals surface area (Å²) >= 11 is 0. The summed E-state index contributed by atoms with van der Waals surface area (Å²) in [6.07, 6.45) is 6.06. The first-order valence-corrected chi connectivity index (χ1v) is 6.82. The highest BCUT2D eigenvalue weighted by molar-refractivity contribution is 5.86. The molecule has 0 saturated heterocycles. The van der Waals surface area contributed by atoms with E-state index in [4.69, 9.17) is 0 Å². The number of rotatable bonds is 6. The highest BCUT2D eigenvalue weighted by atomic mass is 14.8. The highest BCUT2D eigenvalue weighted by Crippen LogP contribution is 2.04. The summed E-state index contributed by atoms with van der Waals surface area (Å²) < 4.78 is 0. The Labute approximate surface area is 111 Å². The van der Waals surface area contributed by atoms with Gasteiger partial charge in [0.2, 0.25) is 0 Å². The van der Waals surface area contributed by atoms with E-state index in [0.29, 0.717) is 12.1 Å². The maximum absolute atomic E-state index is 4.50. The molecule has 2 nitrogen and oxygen atoms in total. The minimum atomic E-state index is 0.391. The molecule has 1 aromatic carbocycles. The molecule has 2 atom stereocenters. The van der Waals surface area contributed by atoms with Crippen LogP contribution in [0.4, 0.5) is 0 Å². The highest BCUT2D eigenvalue weighted by Gasteiger charge is 1.95. The van der Waals surface area contributed by atoms with Gasteiger partial charge in [0.05, 0.1) is 0 Å². The second kappa shape index (κ2) is 7.80. The van der Waals surface area contributed by atoms with Crippen LogP contribution < -0.4 is 0 Å². The molecule has 0 radical (unpaired) electrons. The Morgan fingerprint density at radius 2 is 1.39 bits per heavy atom. The van der Waals surface area contributed by atoms with Gasteiger partial charge < -0.3 is 0 Å². The molecule has 0 N–H and O–H groups in total. The van der Waals surface area contributed by atoms with Crippen molar-refractivity contribution in [2.45, 2.75) is 52.6 Å². The molecular weight excluding hydrogens is 220 g/mol. The maximum Gasteiger partial charge on any atom is 0.0469 e. The Morgan fingerprint density at radius 1 is 0.944 bits per heavy atom. The van der Waals surface area contributed by atoms with Crippen LogP contribution in [0.15, 0.2) is 34.3 Å². The van der Waals surface area contributed by atoms with Crippen LogP contribution in [0.25, 0.3) is 0 Å². The Bertz CT molecular complexity index is 372. The Morgan fingerprint density at radius 3 is 1.78 bits per heavy atom. The van der Waals surface area contributed by atoms with Gasteiger partial charge in [0, 0.05) is 24.5 Å². The third kappa shape index (κ3) is 5.26. The van der Waals surface area contributed by atoms with E-state index in [-0.39, 0.29) is 0 Å². The van der Waals surface area contributed by atoms with Gasteiger partial charge in [-0.2, -0.15) is 0 Å². The Kier molecular flexibility index (Phi) is 6.34. The van der Waals surface area contributed by atoms with Crippen LogP contribution in [-0.2, 0) is 0 Å². The smallest absolute Gasteiger partial charge is 0.0469 e. The van der Waals surface area contributed by atoms with Crippen LogP contribution in [0.3, 0.4) is 0 Å². The lowest BCUT2D eigenvalue weighted by Crippen LogP contribution is -1.97. The number of benzene rings is 1. The van der Waals surface area contributed by atoms with Gasteiger partial charge in [-0.1, -0.05) is 32.0 Å². The van der Waals surface area contributed by atoms with E-state index in [1.165, 1.54) is 0 Å². The molecule has 2 unspecified atom stereocenters. The molecular formula is C16H24N2. The molecule has 1 aromatic rings. The molecule has 98 valence electrons. The average Bonchev–Trinajstić information content (AvgIpc) is 2.42. The van der Waals surface area contributed by atoms with Crippen molar-refractivity contribution < 1.29 is 0 Å². The molecule has 0 aliphatic rings. The van der Waals surface area contributed by atoms with Crippen molar-refractivity contribution in [3.8, 4) is 0 Å². The van der Waals surface area contributed by atoms with Gasteiger partial charge >= 0.3 is 0 Å². The van der Waals surface area contributed by atoms with E-state index < -0.39 is 0 Å². The zero-order valence-electron chi connectivity index (χ0n) is 11.9. The SMILES string of the molecule is CCC(C)N=Cc1cccc(C=NC(C)CC)c1. The first-order valence-electron chi connectivity index (χ1n) is 6.82. The lowest BCUT2D eigenvalue weighted by Gasteiger charge is -2.02. The minimum absolute atomic E-state index is 0.391. The third-order valence-electron chi connectivity index (χ3n) is 3.05. The summed E-state index contributed by atoms with van der Waals surface area (Å²) in [7, 11) is 0. The Hall–Kier alpha value is -1.44. The van der Waals surface area contributed by atoms with Gasteiger partial charge in [0.25, 0.3) is 0 Å². The van der Waals surface area contributed by atoms with Crippen LogP contribution >= 0.6 is 0 Å². The second-order valence-corrected chi connectivity index (χ2v) is 4.74. The van der Waals surface area contributed by atoms with Gasteiger partial charge in [0.1, 0.15) is 0 Å². The predicted octanol–water partition coefficient (Wildman–Crippen LogP) is 4.12. The first-order chi connectivity index (χ1) is 8.65. The summed E-state index contributed by atoms with van der Waals surface area (Å²) in [5.74, 6) is 0. The van der Waals surface area contributed by atoms with E-state index in [1.54, 1.807) is 0 Å². The molecule has 0 heterocycles. The van der Waals surface area contributed by atoms with Crippen molar-refractivity contribution in [1.29, 1.82) is 0 Å². The maximum atomic E-state index is 4.50. The topological polar surface area (TPSA) is 24.7 Å². The first kappa shape index (κ1) is 14.6. The zero-order valence-corrected chi connectivity index (χ0v) is 11.9. The monoisotopic (exact) mass is 244 g/mol. The molecule has 0 saturated carbocycles. The van der Waals surface area contributed by atoms with Crippen LogP contribution in [0.1, 0.15) is 51.7 Å². The minimum Gasteiger partial charge on any atom is -0.290 e. The van der Waals surface area contributed by atoms with Crippen molar-refractivity contribution in [3.63, 3.8) is 0 Å². The fraction of sp³-hybridized carbons (Fsp3) is 0.500. The third-order valence-corrected chi connectivity index (χ3v) is 3.05. The van der Waals surface area contributed by atoms with E-state index >= 15 is 0 Å². The number of aliphatic imine (C=N–C) groups is 2. The molecule has 0 aliphatic heterocycles. The lowest BCUT2D eigenvalue weighted by atomic mass is 10.1. The largest absolute Gasteiger partial charge is 0.290 e. The van der Waals surface area contributed by atoms with E-state index in [0.717, 1.165) is 24.0 Å². The van der Waals surface area contributed by atoms with Crippen molar-refractivity contribution in [2.24, 2.45) is 9.98 Å². The normalized spacial score (nSPS) is 15.3. The van der Waals surface area contributed by atoms with Crippen LogP contribution in [0.2, 0.25) is 0 Å². The molecule has 0 aliphatic carbocycles. The molecule has 1 rings (SSSR count). The van der Waals surface area contributed by atoms with E-state index in [1.807, 2.05) is 12.4 Å². The lowest BCUT2D eigenvalue weighted by molar-refractivity contribution is 0.720. The van der Waals surface area contributed by atoms with Crippen LogP contribution in [0.5, 0.6) is 0 Å². The molecule has 2 heteroatoms. The van der Waals surface area contributed by atoms with Crippen molar-refractivity contribution in [2.75, 3.05) is 0 Å². The summed E-state index contributed by atoms with van der Waals surface area (Å²) in [5.41, 5.74) is 2.28. The summed E-state index contributed by atoms with van der Waals surface area (Å²) in [5, 5.41) is 0. The number of hydrogen-bond donors (Lipinski definition) is 0. The second-order valence-electron chi connectivity index (χ2n) is 4.74. The van der Waals surface area contributed by atoms with Gasteiger partial charge in [-0.05, 0) is 43.9 Å². The van der Waals surface area contributed by atoms with E-state index in [9.17, 15) is 0 Å². The van der Waals surface area contributed by atoms with Crippen molar-refractivity contribution >= 4 is 12.4 Å². The summed E-state index contributed by atoms with van der Waals surface area (Å²) in [6, 6.07) is 9.11. The summed E-state index contributed by atoms with van der Waals surface area (Å²) in [6.45, 7) is 8.56. The molecule has 0 spiro atoms. The van der Waals surface area contributed by atoms with Crippen LogP contribution in [-0.4, -0.2) is 24.5 Å².